The number of rotatable bonds is 5. The first-order valence-electron chi connectivity index (χ1n) is 19.0. The van der Waals surface area contributed by atoms with Gasteiger partial charge in [0, 0.05) is 25.2 Å². The van der Waals surface area contributed by atoms with Crippen LogP contribution in [0.1, 0.15) is 107 Å². The Labute approximate surface area is 295 Å². The fourth-order valence-corrected chi connectivity index (χ4v) is 13.8. The highest BCUT2D eigenvalue weighted by Crippen LogP contribution is 2.89. The molecule has 3 aliphatic heterocycles. The van der Waals surface area contributed by atoms with Crippen LogP contribution in [0, 0.1) is 44.8 Å². The molecule has 3 N–H and O–H groups in total. The van der Waals surface area contributed by atoms with Crippen molar-refractivity contribution in [3.05, 3.63) is 11.6 Å². The Balaban J connectivity index is 1.11. The first-order chi connectivity index (χ1) is 23.2. The zero-order chi connectivity index (χ0) is 36.2. The van der Waals surface area contributed by atoms with Crippen molar-refractivity contribution in [1.82, 2.24) is 0 Å². The predicted octanol–water partition coefficient (Wildman–Crippen LogP) is 4.18. The molecule has 3 spiro atoms. The van der Waals surface area contributed by atoms with E-state index in [1.165, 1.54) is 19.4 Å². The van der Waals surface area contributed by atoms with Gasteiger partial charge in [0.05, 0.1) is 18.8 Å². The number of carbonyl (C=O) groups is 2. The first kappa shape index (κ1) is 35.4. The highest BCUT2D eigenvalue weighted by atomic mass is 16.8. The largest absolute Gasteiger partial charge is 0.457 e. The molecular formula is C39H58O11. The molecule has 50 heavy (non-hydrogen) atoms. The number of allylic oxidation sites excluding steroid dienone is 1. The molecule has 0 amide bonds. The van der Waals surface area contributed by atoms with E-state index in [0.29, 0.717) is 5.92 Å². The topological polar surface area (TPSA) is 150 Å². The fraction of sp³-hybridized carbons (Fsp3) is 0.897. The van der Waals surface area contributed by atoms with Gasteiger partial charge < -0.3 is 43.7 Å². The molecule has 0 radical (unpaired) electrons. The molecule has 3 heterocycles. The Morgan fingerprint density at radius 2 is 1.72 bits per heavy atom. The average molecular weight is 703 g/mol. The lowest BCUT2D eigenvalue weighted by Crippen LogP contribution is -2.59. The Morgan fingerprint density at radius 3 is 2.40 bits per heavy atom. The Kier molecular flexibility index (Phi) is 7.62. The minimum atomic E-state index is -1.30. The fourth-order valence-electron chi connectivity index (χ4n) is 13.8. The van der Waals surface area contributed by atoms with E-state index in [2.05, 4.69) is 40.7 Å². The van der Waals surface area contributed by atoms with Crippen molar-refractivity contribution < 1.29 is 53.3 Å². The summed E-state index contributed by atoms with van der Waals surface area (Å²) in [5.74, 6) is -1.58. The van der Waals surface area contributed by atoms with Gasteiger partial charge in [-0.1, -0.05) is 46.3 Å². The lowest BCUT2D eigenvalue weighted by Gasteiger charge is -2.60. The molecule has 8 rings (SSSR count). The van der Waals surface area contributed by atoms with Crippen molar-refractivity contribution in [2.24, 2.45) is 44.8 Å². The molecule has 0 aromatic rings. The molecule has 0 aromatic heterocycles. The molecular weight excluding hydrogens is 644 g/mol. The zero-order valence-corrected chi connectivity index (χ0v) is 31.2. The highest BCUT2D eigenvalue weighted by Gasteiger charge is 2.86. The van der Waals surface area contributed by atoms with Gasteiger partial charge >= 0.3 is 11.9 Å². The minimum Gasteiger partial charge on any atom is -0.457 e. The number of fused-ring (bicyclic) bond motifs is 4. The van der Waals surface area contributed by atoms with Gasteiger partial charge in [-0.05, 0) is 92.3 Å². The Morgan fingerprint density at radius 1 is 1.00 bits per heavy atom. The van der Waals surface area contributed by atoms with Crippen LogP contribution in [-0.2, 0) is 38.0 Å². The lowest BCUT2D eigenvalue weighted by atomic mass is 9.44. The summed E-state index contributed by atoms with van der Waals surface area (Å²) in [6, 6.07) is 0. The first-order valence-corrected chi connectivity index (χ1v) is 19.0. The van der Waals surface area contributed by atoms with Crippen molar-refractivity contribution in [2.75, 3.05) is 6.61 Å². The van der Waals surface area contributed by atoms with E-state index < -0.39 is 59.6 Å². The number of aliphatic hydroxyl groups excluding tert-OH is 3. The third kappa shape index (κ3) is 4.23. The SMILES string of the molecule is CC(=O)O[C@H]1[C@H](O[C@H]2CC[C@]34C[C@]35CC[C@]3(C)[C@H]6[C@H](C)C[C@H]7O[C@@]6(O[C@@H]7C(C)(C)OC(C)=O)[C@H](O)[C@@]3(C)C5=CC[C@H]4C2(C)C)OC[C@@H](O)[C@@H]1O. The third-order valence-electron chi connectivity index (χ3n) is 15.9. The smallest absolute Gasteiger partial charge is 0.303 e. The second-order valence-corrected chi connectivity index (χ2v) is 19.0. The van der Waals surface area contributed by atoms with Crippen LogP contribution in [0.5, 0.6) is 0 Å². The van der Waals surface area contributed by atoms with Crippen LogP contribution >= 0.6 is 0 Å². The number of carbonyl (C=O) groups excluding carboxylic acids is 2. The summed E-state index contributed by atoms with van der Waals surface area (Å²) in [5, 5.41) is 33.7. The number of ether oxygens (including phenoxy) is 6. The quantitative estimate of drug-likeness (QED) is 0.280. The van der Waals surface area contributed by atoms with Gasteiger partial charge in [0.2, 0.25) is 0 Å². The highest BCUT2D eigenvalue weighted by molar-refractivity contribution is 5.66. The molecule has 7 fully saturated rings. The molecule has 0 aromatic carbocycles. The molecule has 16 atom stereocenters. The van der Waals surface area contributed by atoms with Gasteiger partial charge in [-0.15, -0.1) is 0 Å². The van der Waals surface area contributed by atoms with Crippen molar-refractivity contribution in [3.8, 4) is 0 Å². The van der Waals surface area contributed by atoms with E-state index in [1.54, 1.807) is 0 Å². The van der Waals surface area contributed by atoms with Gasteiger partial charge in [-0.2, -0.15) is 0 Å². The van der Waals surface area contributed by atoms with Crippen molar-refractivity contribution >= 4 is 11.9 Å². The summed E-state index contributed by atoms with van der Waals surface area (Å²) in [6.07, 6.45) is 2.49. The van der Waals surface area contributed by atoms with Gasteiger partial charge in [-0.3, -0.25) is 9.59 Å². The second kappa shape index (κ2) is 10.8. The van der Waals surface area contributed by atoms with E-state index >= 15 is 0 Å². The van der Waals surface area contributed by atoms with Crippen LogP contribution < -0.4 is 0 Å². The van der Waals surface area contributed by atoms with Gasteiger partial charge in [0.15, 0.2) is 18.2 Å². The van der Waals surface area contributed by atoms with Crippen LogP contribution in [0.25, 0.3) is 0 Å². The zero-order valence-electron chi connectivity index (χ0n) is 31.2. The summed E-state index contributed by atoms with van der Waals surface area (Å²) in [6.45, 7) is 17.8. The van der Waals surface area contributed by atoms with E-state index in [0.717, 1.165) is 44.9 Å². The maximum Gasteiger partial charge on any atom is 0.303 e. The van der Waals surface area contributed by atoms with E-state index in [1.807, 2.05) is 13.8 Å². The van der Waals surface area contributed by atoms with Crippen molar-refractivity contribution in [2.45, 2.75) is 168 Å². The van der Waals surface area contributed by atoms with Gasteiger partial charge in [-0.25, -0.2) is 0 Å². The standard InChI is InChI=1S/C39H58O11/c1-19-16-23-30(34(6,7)48-21(3)41)50-39(49-23)29(19)35(8)14-15-38-18-37(38)13-12-26(47-31-28(46-20(2)40)27(43)22(42)17-45-31)33(4,5)24(37)10-11-25(38)36(35,9)32(39)44/h11,19,22-24,26-32,42-44H,10,12-18H2,1-9H3/t19-,22-,23-,24+,26+,27+,28-,29-,30+,31+,32-,35-,36-,37-,38+,39+/m1/s1. The molecule has 280 valence electrons. The maximum atomic E-state index is 12.8. The number of hydrogen-bond acceptors (Lipinski definition) is 11. The summed E-state index contributed by atoms with van der Waals surface area (Å²) >= 11 is 0. The average Bonchev–Trinajstić information content (AvgIpc) is 3.53. The van der Waals surface area contributed by atoms with Crippen LogP contribution in [0.4, 0.5) is 0 Å². The monoisotopic (exact) mass is 702 g/mol. The molecule has 4 saturated carbocycles. The molecule has 5 aliphatic carbocycles. The number of esters is 2. The van der Waals surface area contributed by atoms with Crippen LogP contribution in [0.2, 0.25) is 0 Å². The summed E-state index contributed by atoms with van der Waals surface area (Å²) in [7, 11) is 0. The molecule has 0 unspecified atom stereocenters. The Bertz CT molecular complexity index is 1490. The molecule has 11 nitrogen and oxygen atoms in total. The summed E-state index contributed by atoms with van der Waals surface area (Å²) < 4.78 is 37.6. The van der Waals surface area contributed by atoms with Gasteiger partial charge in [0.25, 0.3) is 0 Å². The van der Waals surface area contributed by atoms with Crippen LogP contribution in [-0.4, -0.2) is 94.3 Å². The number of hydrogen-bond donors (Lipinski definition) is 3. The van der Waals surface area contributed by atoms with E-state index in [9.17, 15) is 24.9 Å². The second-order valence-electron chi connectivity index (χ2n) is 19.0. The third-order valence-corrected chi connectivity index (χ3v) is 15.9. The Hall–Kier alpha value is -1.60. The van der Waals surface area contributed by atoms with Crippen molar-refractivity contribution in [1.29, 1.82) is 0 Å². The molecule has 8 aliphatic rings. The van der Waals surface area contributed by atoms with E-state index in [-0.39, 0.29) is 58.3 Å². The predicted molar refractivity (Wildman–Crippen MR) is 178 cm³/mol. The van der Waals surface area contributed by atoms with Gasteiger partial charge in [0.1, 0.15) is 30.0 Å². The molecule has 3 saturated heterocycles. The normalized spacial score (nSPS) is 54.2. The van der Waals surface area contributed by atoms with Crippen molar-refractivity contribution in [3.63, 3.8) is 0 Å². The molecule has 2 bridgehead atoms. The van der Waals surface area contributed by atoms with Crippen LogP contribution in [0.3, 0.4) is 0 Å². The minimum absolute atomic E-state index is 0.0230. The molecule has 11 heteroatoms. The van der Waals surface area contributed by atoms with E-state index in [4.69, 9.17) is 28.4 Å². The maximum absolute atomic E-state index is 12.8. The summed E-state index contributed by atoms with van der Waals surface area (Å²) in [4.78, 5) is 24.0. The van der Waals surface area contributed by atoms with Crippen LogP contribution in [0.15, 0.2) is 11.6 Å². The lowest BCUT2D eigenvalue weighted by molar-refractivity contribution is -0.303. The number of aliphatic hydroxyl groups is 3. The summed E-state index contributed by atoms with van der Waals surface area (Å²) in [5.41, 5.74) is -0.605.